The lowest BCUT2D eigenvalue weighted by molar-refractivity contribution is -0.167. The first-order valence-electron chi connectivity index (χ1n) is 18.9. The van der Waals surface area contributed by atoms with Crippen LogP contribution in [0.4, 0.5) is 0 Å². The van der Waals surface area contributed by atoms with Crippen LogP contribution >= 0.6 is 0 Å². The van der Waals surface area contributed by atoms with E-state index in [0.717, 1.165) is 38.6 Å². The van der Waals surface area contributed by atoms with Gasteiger partial charge in [0.15, 0.2) is 5.78 Å². The van der Waals surface area contributed by atoms with Crippen LogP contribution in [0.1, 0.15) is 67.7 Å². The van der Waals surface area contributed by atoms with Crippen LogP contribution in [0.3, 0.4) is 0 Å². The number of ketones is 1. The van der Waals surface area contributed by atoms with Crippen molar-refractivity contribution in [2.24, 2.45) is 22.5 Å². The van der Waals surface area contributed by atoms with Crippen LogP contribution < -0.4 is 5.73 Å². The van der Waals surface area contributed by atoms with E-state index < -0.39 is 5.91 Å². The van der Waals surface area contributed by atoms with Crippen molar-refractivity contribution in [1.82, 2.24) is 9.80 Å². The second kappa shape index (κ2) is 35.7. The topological polar surface area (TPSA) is 181 Å². The third-order valence-electron chi connectivity index (χ3n) is 8.04. The van der Waals surface area contributed by atoms with Gasteiger partial charge < -0.3 is 39.2 Å². The Labute approximate surface area is 342 Å². The fourth-order valence-corrected chi connectivity index (χ4v) is 3.73. The Balaban J connectivity index is -0.000000304. The van der Waals surface area contributed by atoms with Gasteiger partial charge in [-0.1, -0.05) is 81.0 Å². The average molecular weight is 808 g/mol. The van der Waals surface area contributed by atoms with Gasteiger partial charge in [0.2, 0.25) is 11.8 Å². The van der Waals surface area contributed by atoms with Crippen LogP contribution in [-0.4, -0.2) is 125 Å². The molecule has 2 N–H and O–H groups in total. The zero-order chi connectivity index (χ0) is 45.0. The number of ether oxygens (including phenoxy) is 5. The number of rotatable bonds is 19. The highest BCUT2D eigenvalue weighted by molar-refractivity contribution is 5.89. The number of allylic oxidation sites excluding steroid dienone is 1. The highest BCUT2D eigenvalue weighted by atomic mass is 16.6. The average Bonchev–Trinajstić information content (AvgIpc) is 3.16. The minimum Gasteiger partial charge on any atom is -0.462 e. The van der Waals surface area contributed by atoms with Gasteiger partial charge in [-0.3, -0.25) is 14.4 Å². The number of likely N-dealkylation sites (N-methyl/N-ethyl adjacent to an activating group) is 2. The molecule has 2 aliphatic heterocycles. The van der Waals surface area contributed by atoms with Gasteiger partial charge in [0, 0.05) is 44.8 Å². The van der Waals surface area contributed by atoms with E-state index in [1.165, 1.54) is 29.2 Å². The van der Waals surface area contributed by atoms with Crippen LogP contribution in [0.5, 0.6) is 0 Å². The predicted molar refractivity (Wildman–Crippen MR) is 226 cm³/mol. The summed E-state index contributed by atoms with van der Waals surface area (Å²) in [5.74, 6) is -0.942. The molecule has 14 heteroatoms. The van der Waals surface area contributed by atoms with Gasteiger partial charge >= 0.3 is 17.9 Å². The molecule has 2 heterocycles. The van der Waals surface area contributed by atoms with E-state index in [-0.39, 0.29) is 40.4 Å². The number of amides is 2. The Morgan fingerprint density at radius 1 is 0.719 bits per heavy atom. The molecule has 0 aliphatic carbocycles. The molecule has 0 bridgehead atoms. The van der Waals surface area contributed by atoms with Crippen LogP contribution in [-0.2, 0) is 52.5 Å². The molecule has 0 radical (unpaired) electrons. The summed E-state index contributed by atoms with van der Waals surface area (Å²) in [5.41, 5.74) is 5.14. The number of hydrogen-bond acceptors (Lipinski definition) is 12. The maximum Gasteiger partial charge on any atom is 0.333 e. The first-order chi connectivity index (χ1) is 26.7. The standard InChI is InChI=1S/C10H16O3.C9H17NO2.C9H14O3.C7H12O.C5H9NO.C3H5NO/c1-4-10(5-12-6-10)7-13-9(11)8(2)3;1-4-9(11)12-8-7-10(5-2)6-3;1-3-8(10)12-7-9(4-2)5-11-6-9;1-4-7(8)5-6(2)3;1-4-5(7)6(2)3;1-2-3(4)5/h2,4-7H2,1,3H3;4H,1,5-8H2,2-3H3;3H,1,4-7H2,2H3;4,6H,1,5H2,2-3H3;4H,1H2,2-3H3;2H,1H2,(H2,4,5). The van der Waals surface area contributed by atoms with Gasteiger partial charge in [0.1, 0.15) is 19.8 Å². The molecule has 0 aromatic carbocycles. The summed E-state index contributed by atoms with van der Waals surface area (Å²) in [6.45, 7) is 40.8. The normalized spacial score (nSPS) is 13.3. The van der Waals surface area contributed by atoms with Crippen molar-refractivity contribution in [2.45, 2.75) is 67.7 Å². The number of esters is 3. The van der Waals surface area contributed by atoms with Crippen LogP contribution in [0.25, 0.3) is 0 Å². The third-order valence-corrected chi connectivity index (χ3v) is 8.04. The highest BCUT2D eigenvalue weighted by Crippen LogP contribution is 2.32. The van der Waals surface area contributed by atoms with Crippen molar-refractivity contribution < 1.29 is 52.5 Å². The summed E-state index contributed by atoms with van der Waals surface area (Å²) >= 11 is 0. The molecule has 0 aromatic rings. The number of hydrogen-bond donors (Lipinski definition) is 1. The van der Waals surface area contributed by atoms with Crippen molar-refractivity contribution in [3.63, 3.8) is 0 Å². The first kappa shape index (κ1) is 59.0. The Bertz CT molecular complexity index is 1250. The molecule has 0 saturated carbocycles. The number of primary amides is 1. The van der Waals surface area contributed by atoms with Crippen LogP contribution in [0, 0.1) is 16.7 Å². The Morgan fingerprint density at radius 2 is 1.14 bits per heavy atom. The van der Waals surface area contributed by atoms with E-state index in [9.17, 15) is 28.8 Å². The summed E-state index contributed by atoms with van der Waals surface area (Å²) in [6, 6.07) is 0. The summed E-state index contributed by atoms with van der Waals surface area (Å²) in [7, 11) is 3.37. The molecule has 2 saturated heterocycles. The molecule has 0 aromatic heterocycles. The van der Waals surface area contributed by atoms with E-state index in [1.807, 2.05) is 13.8 Å². The van der Waals surface area contributed by atoms with Crippen LogP contribution in [0.15, 0.2) is 75.4 Å². The maximum absolute atomic E-state index is 11.1. The largest absolute Gasteiger partial charge is 0.462 e. The van der Waals surface area contributed by atoms with E-state index in [1.54, 1.807) is 21.0 Å². The molecule has 0 atom stereocenters. The van der Waals surface area contributed by atoms with Gasteiger partial charge in [-0.2, -0.15) is 0 Å². The van der Waals surface area contributed by atoms with Gasteiger partial charge in [-0.15, -0.1) is 0 Å². The summed E-state index contributed by atoms with van der Waals surface area (Å²) < 4.78 is 25.0. The quantitative estimate of drug-likeness (QED) is 0.0994. The van der Waals surface area contributed by atoms with Gasteiger partial charge in [-0.05, 0) is 57.0 Å². The lowest BCUT2D eigenvalue weighted by Gasteiger charge is -2.39. The van der Waals surface area contributed by atoms with Crippen molar-refractivity contribution in [3.05, 3.63) is 75.4 Å². The van der Waals surface area contributed by atoms with Crippen molar-refractivity contribution in [3.8, 4) is 0 Å². The summed E-state index contributed by atoms with van der Waals surface area (Å²) in [6.07, 6.45) is 8.67. The Hall–Kier alpha value is -4.66. The van der Waals surface area contributed by atoms with Gasteiger partial charge in [0.05, 0.1) is 37.3 Å². The van der Waals surface area contributed by atoms with Crippen LogP contribution in [0.2, 0.25) is 0 Å². The lowest BCUT2D eigenvalue weighted by atomic mass is 9.84. The first-order valence-corrected chi connectivity index (χ1v) is 18.9. The zero-order valence-electron chi connectivity index (χ0n) is 36.4. The molecule has 14 nitrogen and oxygen atoms in total. The molecule has 326 valence electrons. The zero-order valence-corrected chi connectivity index (χ0v) is 36.4. The molecule has 2 fully saturated rings. The Morgan fingerprint density at radius 3 is 1.37 bits per heavy atom. The number of carbonyl (C=O) groups is 6. The molecule has 2 aliphatic rings. The minimum atomic E-state index is -0.481. The maximum atomic E-state index is 11.1. The molecule has 2 rings (SSSR count). The van der Waals surface area contributed by atoms with Gasteiger partial charge in [0.25, 0.3) is 0 Å². The molecular weight excluding hydrogens is 734 g/mol. The van der Waals surface area contributed by atoms with E-state index in [2.05, 4.69) is 77.8 Å². The summed E-state index contributed by atoms with van der Waals surface area (Å²) in [5, 5.41) is 0. The monoisotopic (exact) mass is 808 g/mol. The molecule has 57 heavy (non-hydrogen) atoms. The van der Waals surface area contributed by atoms with E-state index in [4.69, 9.17) is 23.7 Å². The van der Waals surface area contributed by atoms with Crippen molar-refractivity contribution in [2.75, 3.05) is 80.0 Å². The van der Waals surface area contributed by atoms with Crippen molar-refractivity contribution in [1.29, 1.82) is 0 Å². The second-order valence-electron chi connectivity index (χ2n) is 13.6. The highest BCUT2D eigenvalue weighted by Gasteiger charge is 2.38. The van der Waals surface area contributed by atoms with E-state index >= 15 is 0 Å². The third kappa shape index (κ3) is 33.2. The second-order valence-corrected chi connectivity index (χ2v) is 13.6. The number of carbonyl (C=O) groups excluding carboxylic acids is 6. The number of nitrogens with two attached hydrogens (primary N) is 1. The van der Waals surface area contributed by atoms with Gasteiger partial charge in [-0.25, -0.2) is 14.4 Å². The molecule has 0 unspecified atom stereocenters. The SMILES string of the molecule is C=C(C)C(=O)OCC1(CC)COC1.C=CC(=O)CC(C)C.C=CC(=O)N(C)C.C=CC(=O)OCC1(CC)COC1.C=CC(=O)OCCN(CC)CC.C=CC(N)=O. The Kier molecular flexibility index (Phi) is 37.0. The summed E-state index contributed by atoms with van der Waals surface area (Å²) in [4.78, 5) is 66.4. The fraction of sp³-hybridized carbons (Fsp3) is 0.581. The predicted octanol–water partition coefficient (Wildman–Crippen LogP) is 5.44. The minimum absolute atomic E-state index is 0.0556. The molecular formula is C43H73N3O11. The van der Waals surface area contributed by atoms with E-state index in [0.29, 0.717) is 64.2 Å². The number of nitrogens with zero attached hydrogens (tertiary/aromatic N) is 2. The fourth-order valence-electron chi connectivity index (χ4n) is 3.73. The lowest BCUT2D eigenvalue weighted by Crippen LogP contribution is -2.46. The smallest absolute Gasteiger partial charge is 0.333 e. The van der Waals surface area contributed by atoms with Crippen molar-refractivity contribution >= 4 is 35.5 Å². The molecule has 0 spiro atoms. The molecule has 2 amide bonds.